The van der Waals surface area contributed by atoms with E-state index in [-0.39, 0.29) is 12.1 Å². The molecule has 228 valence electrons. The lowest BCUT2D eigenvalue weighted by Crippen LogP contribution is -2.55. The highest BCUT2D eigenvalue weighted by molar-refractivity contribution is 6.35. The summed E-state index contributed by atoms with van der Waals surface area (Å²) in [5, 5.41) is 19.4. The van der Waals surface area contributed by atoms with Gasteiger partial charge in [0, 0.05) is 23.4 Å². The van der Waals surface area contributed by atoms with Crippen LogP contribution in [0.1, 0.15) is 89.6 Å². The standard InChI is InChI=1S/C35H44Cl2N6/c1-4-18-38-30-22-23(32-26-12-8-14-28(36)33(26)40-39-32)16-17-31(30)43-35(27-13-9-15-29(37)34(27)41-43)24-10-7-11-25(21-24)42(19-5-2)20-6-3/h8-10,12-16,25,30-31,38H,4-7,11,17-22H2,1-3H3,(H,39,40)/p+1. The van der Waals surface area contributed by atoms with Crippen LogP contribution < -0.4 is 10.00 Å². The predicted molar refractivity (Wildman–Crippen MR) is 181 cm³/mol. The minimum absolute atomic E-state index is 0.218. The number of hydrogen-bond donors (Lipinski definition) is 3. The van der Waals surface area contributed by atoms with E-state index < -0.39 is 0 Å². The van der Waals surface area contributed by atoms with Gasteiger partial charge in [0.2, 0.25) is 11.7 Å². The lowest BCUT2D eigenvalue weighted by Gasteiger charge is -2.34. The van der Waals surface area contributed by atoms with Crippen LogP contribution >= 0.6 is 23.2 Å². The molecule has 3 atom stereocenters. The Bertz CT molecular complexity index is 1630. The molecule has 0 bridgehead atoms. The van der Waals surface area contributed by atoms with Gasteiger partial charge in [0.15, 0.2) is 0 Å². The van der Waals surface area contributed by atoms with Crippen LogP contribution in [0.5, 0.6) is 0 Å². The molecule has 3 unspecified atom stereocenters. The molecule has 4 aromatic rings. The highest BCUT2D eigenvalue weighted by Crippen LogP contribution is 2.38. The van der Waals surface area contributed by atoms with Gasteiger partial charge in [-0.3, -0.25) is 5.10 Å². The SMILES string of the molecule is CCCNC1CC(c2[nH]nc3c(Cl)cccc23)=CCC1[n+]1[nH]c2c(Cl)cccc2c1C1=CCCC(N(CCC)CCC)C1. The third-order valence-electron chi connectivity index (χ3n) is 9.29. The second-order valence-corrected chi connectivity index (χ2v) is 13.0. The van der Waals surface area contributed by atoms with Gasteiger partial charge in [-0.15, -0.1) is 4.68 Å². The Morgan fingerprint density at radius 3 is 2.47 bits per heavy atom. The van der Waals surface area contributed by atoms with E-state index in [9.17, 15) is 0 Å². The van der Waals surface area contributed by atoms with Gasteiger partial charge in [-0.25, -0.2) is 0 Å². The number of H-pyrrole nitrogens is 2. The summed E-state index contributed by atoms with van der Waals surface area (Å²) in [6.07, 6.45) is 13.6. The van der Waals surface area contributed by atoms with Crippen LogP contribution in [0.2, 0.25) is 10.0 Å². The number of allylic oxidation sites excluding steroid dienone is 2. The fourth-order valence-corrected chi connectivity index (χ4v) is 7.76. The Hall–Kier alpha value is -2.64. The topological polar surface area (TPSA) is 63.6 Å². The highest BCUT2D eigenvalue weighted by atomic mass is 35.5. The first-order chi connectivity index (χ1) is 21.0. The molecular formula is C35H45Cl2N6+. The average molecular weight is 621 g/mol. The van der Waals surface area contributed by atoms with Gasteiger partial charge in [-0.1, -0.05) is 74.3 Å². The number of aromatic nitrogens is 4. The van der Waals surface area contributed by atoms with Crippen molar-refractivity contribution in [3.05, 3.63) is 70.0 Å². The number of hydrogen-bond acceptors (Lipinski definition) is 3. The molecule has 2 aromatic carbocycles. The minimum atomic E-state index is 0.218. The maximum atomic E-state index is 6.84. The monoisotopic (exact) mass is 619 g/mol. The molecular weight excluding hydrogens is 575 g/mol. The number of aromatic amines is 2. The van der Waals surface area contributed by atoms with Gasteiger partial charge < -0.3 is 10.2 Å². The predicted octanol–water partition coefficient (Wildman–Crippen LogP) is 8.48. The van der Waals surface area contributed by atoms with Gasteiger partial charge in [0.05, 0.1) is 27.2 Å². The lowest BCUT2D eigenvalue weighted by molar-refractivity contribution is -0.776. The fraction of sp³-hybridized carbons (Fsp3) is 0.486. The van der Waals surface area contributed by atoms with E-state index in [0.29, 0.717) is 11.1 Å². The third kappa shape index (κ3) is 6.04. The molecule has 0 radical (unpaired) electrons. The molecule has 6 rings (SSSR count). The van der Waals surface area contributed by atoms with E-state index in [2.05, 4.69) is 81.3 Å². The van der Waals surface area contributed by atoms with Crippen LogP contribution in [0.15, 0.2) is 48.6 Å². The van der Waals surface area contributed by atoms with Crippen molar-refractivity contribution in [2.75, 3.05) is 19.6 Å². The molecule has 3 N–H and O–H groups in total. The summed E-state index contributed by atoms with van der Waals surface area (Å²) in [5.74, 6) is 0. The number of rotatable bonds is 11. The van der Waals surface area contributed by atoms with Crippen LogP contribution in [-0.2, 0) is 0 Å². The van der Waals surface area contributed by atoms with Crippen LogP contribution in [0, 0.1) is 0 Å². The number of benzene rings is 2. The molecule has 43 heavy (non-hydrogen) atoms. The number of fused-ring (bicyclic) bond motifs is 2. The van der Waals surface area contributed by atoms with Crippen LogP contribution in [0.3, 0.4) is 0 Å². The van der Waals surface area contributed by atoms with Gasteiger partial charge in [0.1, 0.15) is 11.0 Å². The van der Waals surface area contributed by atoms with Crippen molar-refractivity contribution in [3.8, 4) is 0 Å². The molecule has 0 saturated heterocycles. The number of nitrogens with zero attached hydrogens (tertiary/aromatic N) is 3. The Morgan fingerprint density at radius 2 is 1.70 bits per heavy atom. The van der Waals surface area contributed by atoms with Crippen molar-refractivity contribution in [1.29, 1.82) is 0 Å². The average Bonchev–Trinajstić information content (AvgIpc) is 3.64. The van der Waals surface area contributed by atoms with Crippen LogP contribution in [0.25, 0.3) is 33.0 Å². The zero-order valence-corrected chi connectivity index (χ0v) is 27.2. The van der Waals surface area contributed by atoms with Crippen molar-refractivity contribution in [2.45, 2.75) is 90.3 Å². The molecule has 0 fully saturated rings. The number of halogens is 2. The summed E-state index contributed by atoms with van der Waals surface area (Å²) in [5.41, 5.74) is 6.98. The van der Waals surface area contributed by atoms with Crippen LogP contribution in [0.4, 0.5) is 0 Å². The Labute approximate surface area is 265 Å². The smallest absolute Gasteiger partial charge is 0.242 e. The van der Waals surface area contributed by atoms with E-state index in [1.54, 1.807) is 0 Å². The maximum Gasteiger partial charge on any atom is 0.242 e. The van der Waals surface area contributed by atoms with Crippen molar-refractivity contribution in [1.82, 2.24) is 25.5 Å². The molecule has 6 nitrogen and oxygen atoms in total. The molecule has 0 saturated carbocycles. The molecule has 0 aliphatic heterocycles. The molecule has 2 aliphatic carbocycles. The first-order valence-corrected chi connectivity index (χ1v) is 17.0. The Morgan fingerprint density at radius 1 is 0.930 bits per heavy atom. The molecule has 0 amide bonds. The molecule has 2 aliphatic rings. The summed E-state index contributed by atoms with van der Waals surface area (Å²) in [4.78, 5) is 2.72. The van der Waals surface area contributed by atoms with Crippen molar-refractivity contribution >= 4 is 56.2 Å². The van der Waals surface area contributed by atoms with Crippen molar-refractivity contribution in [3.63, 3.8) is 0 Å². The normalized spacial score (nSPS) is 21.1. The Balaban J connectivity index is 1.41. The van der Waals surface area contributed by atoms with E-state index in [4.69, 9.17) is 23.2 Å². The fourth-order valence-electron chi connectivity index (χ4n) is 7.32. The summed E-state index contributed by atoms with van der Waals surface area (Å²) >= 11 is 13.3. The zero-order chi connectivity index (χ0) is 29.9. The van der Waals surface area contributed by atoms with E-state index in [0.717, 1.165) is 78.9 Å². The third-order valence-corrected chi connectivity index (χ3v) is 9.91. The summed E-state index contributed by atoms with van der Waals surface area (Å²) in [6, 6.07) is 13.4. The molecule has 2 heterocycles. The maximum absolute atomic E-state index is 6.84. The first kappa shape index (κ1) is 30.4. The lowest BCUT2D eigenvalue weighted by atomic mass is 9.86. The second-order valence-electron chi connectivity index (χ2n) is 12.2. The van der Waals surface area contributed by atoms with E-state index in [1.807, 2.05) is 18.2 Å². The summed E-state index contributed by atoms with van der Waals surface area (Å²) in [6.45, 7) is 10.1. The van der Waals surface area contributed by atoms with Gasteiger partial charge in [0.25, 0.3) is 0 Å². The van der Waals surface area contributed by atoms with Gasteiger partial charge >= 0.3 is 0 Å². The highest BCUT2D eigenvalue weighted by Gasteiger charge is 2.40. The molecule has 0 spiro atoms. The van der Waals surface area contributed by atoms with Crippen LogP contribution in [-0.4, -0.2) is 51.9 Å². The zero-order valence-electron chi connectivity index (χ0n) is 25.7. The largest absolute Gasteiger partial charge is 0.308 e. The van der Waals surface area contributed by atoms with Gasteiger partial charge in [-0.2, -0.15) is 10.2 Å². The first-order valence-electron chi connectivity index (χ1n) is 16.2. The van der Waals surface area contributed by atoms with E-state index in [1.165, 1.54) is 41.5 Å². The second kappa shape index (κ2) is 13.6. The number of para-hydroxylation sites is 2. The van der Waals surface area contributed by atoms with E-state index >= 15 is 0 Å². The number of nitrogens with one attached hydrogen (secondary N) is 3. The van der Waals surface area contributed by atoms with Crippen molar-refractivity contribution < 1.29 is 4.68 Å². The minimum Gasteiger partial charge on any atom is -0.308 e. The van der Waals surface area contributed by atoms with Gasteiger partial charge in [-0.05, 0) is 88.4 Å². The summed E-state index contributed by atoms with van der Waals surface area (Å²) in [7, 11) is 0. The quantitative estimate of drug-likeness (QED) is 0.147. The Kier molecular flexibility index (Phi) is 9.58. The summed E-state index contributed by atoms with van der Waals surface area (Å²) < 4.78 is 2.46. The molecule has 8 heteroatoms. The van der Waals surface area contributed by atoms with Crippen molar-refractivity contribution in [2.24, 2.45) is 0 Å². The molecule has 2 aromatic heterocycles.